The van der Waals surface area contributed by atoms with Crippen LogP contribution < -0.4 is 15.4 Å². The van der Waals surface area contributed by atoms with E-state index >= 15 is 0 Å². The van der Waals surface area contributed by atoms with E-state index in [0.717, 1.165) is 25.1 Å². The molecule has 0 radical (unpaired) electrons. The van der Waals surface area contributed by atoms with Gasteiger partial charge in [0.15, 0.2) is 6.10 Å². The van der Waals surface area contributed by atoms with Crippen molar-refractivity contribution < 1.29 is 14.3 Å². The highest BCUT2D eigenvalue weighted by Crippen LogP contribution is 2.33. The Bertz CT molecular complexity index is 504. The fourth-order valence-electron chi connectivity index (χ4n) is 2.86. The average molecular weight is 276 g/mol. The Labute approximate surface area is 118 Å². The Morgan fingerprint density at radius 3 is 3.15 bits per heavy atom. The van der Waals surface area contributed by atoms with Crippen LogP contribution in [0.2, 0.25) is 0 Å². The van der Waals surface area contributed by atoms with Crippen LogP contribution in [0.3, 0.4) is 0 Å². The fraction of sp³-hybridized carbons (Fsp3) is 0.533. The van der Waals surface area contributed by atoms with Gasteiger partial charge in [0, 0.05) is 6.04 Å². The molecule has 1 amide bonds. The molecular weight excluding hydrogens is 256 g/mol. The third kappa shape index (κ3) is 2.72. The summed E-state index contributed by atoms with van der Waals surface area (Å²) in [5.74, 6) is 0.851. The molecule has 1 fully saturated rings. The standard InChI is InChI=1S/C15H20N2O3/c1-2-16-14-6-3-10-7-11(4-5-13(10)14)19-9-12-8-17-15(18)20-12/h4-5,7,12,14,16H,2-3,6,8-9H2,1H3,(H,17,18). The van der Waals surface area contributed by atoms with Crippen molar-refractivity contribution in [2.45, 2.75) is 31.9 Å². The number of rotatable bonds is 5. The first-order valence-electron chi connectivity index (χ1n) is 7.19. The fourth-order valence-corrected chi connectivity index (χ4v) is 2.86. The number of ether oxygens (including phenoxy) is 2. The highest BCUT2D eigenvalue weighted by Gasteiger charge is 2.24. The molecule has 5 heteroatoms. The van der Waals surface area contributed by atoms with Crippen molar-refractivity contribution in [3.05, 3.63) is 29.3 Å². The second kappa shape index (κ2) is 5.71. The van der Waals surface area contributed by atoms with Crippen LogP contribution >= 0.6 is 0 Å². The van der Waals surface area contributed by atoms with Crippen molar-refractivity contribution in [3.8, 4) is 5.75 Å². The quantitative estimate of drug-likeness (QED) is 0.860. The molecule has 1 saturated heterocycles. The van der Waals surface area contributed by atoms with Gasteiger partial charge in [-0.1, -0.05) is 13.0 Å². The van der Waals surface area contributed by atoms with Crippen LogP contribution in [0.5, 0.6) is 5.75 Å². The lowest BCUT2D eigenvalue weighted by Gasteiger charge is -2.14. The van der Waals surface area contributed by atoms with Crippen LogP contribution in [0.4, 0.5) is 4.79 Å². The van der Waals surface area contributed by atoms with Gasteiger partial charge in [0.05, 0.1) is 6.54 Å². The number of carbonyl (C=O) groups excluding carboxylic acids is 1. The Balaban J connectivity index is 1.60. The number of nitrogens with one attached hydrogen (secondary N) is 2. The molecular formula is C15H20N2O3. The van der Waals surface area contributed by atoms with Gasteiger partial charge in [-0.05, 0) is 42.6 Å². The van der Waals surface area contributed by atoms with Crippen molar-refractivity contribution >= 4 is 6.09 Å². The molecule has 0 aromatic heterocycles. The number of benzene rings is 1. The summed E-state index contributed by atoms with van der Waals surface area (Å²) in [4.78, 5) is 10.9. The van der Waals surface area contributed by atoms with Gasteiger partial charge in [-0.15, -0.1) is 0 Å². The van der Waals surface area contributed by atoms with E-state index in [2.05, 4.69) is 29.7 Å². The monoisotopic (exact) mass is 276 g/mol. The number of hydrogen-bond donors (Lipinski definition) is 2. The van der Waals surface area contributed by atoms with E-state index in [1.54, 1.807) is 0 Å². The molecule has 108 valence electrons. The second-order valence-electron chi connectivity index (χ2n) is 5.23. The maximum Gasteiger partial charge on any atom is 0.407 e. The predicted molar refractivity (Wildman–Crippen MR) is 74.9 cm³/mol. The lowest BCUT2D eigenvalue weighted by Crippen LogP contribution is -2.22. The smallest absolute Gasteiger partial charge is 0.407 e. The van der Waals surface area contributed by atoms with Gasteiger partial charge in [-0.25, -0.2) is 4.79 Å². The van der Waals surface area contributed by atoms with Gasteiger partial charge in [0.1, 0.15) is 12.4 Å². The minimum atomic E-state index is -0.360. The molecule has 5 nitrogen and oxygen atoms in total. The SMILES string of the molecule is CCNC1CCc2cc(OCC3CNC(=O)O3)ccc21. The summed E-state index contributed by atoms with van der Waals surface area (Å²) in [5, 5.41) is 6.11. The van der Waals surface area contributed by atoms with E-state index in [4.69, 9.17) is 9.47 Å². The van der Waals surface area contributed by atoms with Crippen molar-refractivity contribution in [2.75, 3.05) is 19.7 Å². The Morgan fingerprint density at radius 2 is 2.40 bits per heavy atom. The van der Waals surface area contributed by atoms with E-state index in [1.807, 2.05) is 6.07 Å². The normalized spacial score (nSPS) is 24.1. The summed E-state index contributed by atoms with van der Waals surface area (Å²) in [6.45, 7) is 4.04. The maximum atomic E-state index is 10.9. The van der Waals surface area contributed by atoms with Gasteiger partial charge in [-0.3, -0.25) is 0 Å². The Kier molecular flexibility index (Phi) is 3.78. The van der Waals surface area contributed by atoms with Gasteiger partial charge in [-0.2, -0.15) is 0 Å². The first-order valence-corrected chi connectivity index (χ1v) is 7.19. The van der Waals surface area contributed by atoms with Crippen LogP contribution in [0.15, 0.2) is 18.2 Å². The number of aryl methyl sites for hydroxylation is 1. The molecule has 1 aliphatic carbocycles. The lowest BCUT2D eigenvalue weighted by atomic mass is 10.1. The number of cyclic esters (lactones) is 1. The molecule has 20 heavy (non-hydrogen) atoms. The molecule has 2 N–H and O–H groups in total. The van der Waals surface area contributed by atoms with E-state index in [1.165, 1.54) is 11.1 Å². The van der Waals surface area contributed by atoms with Crippen molar-refractivity contribution in [3.63, 3.8) is 0 Å². The molecule has 2 atom stereocenters. The second-order valence-corrected chi connectivity index (χ2v) is 5.23. The van der Waals surface area contributed by atoms with Crippen molar-refractivity contribution in [1.82, 2.24) is 10.6 Å². The summed E-state index contributed by atoms with van der Waals surface area (Å²) in [6, 6.07) is 6.73. The zero-order valence-corrected chi connectivity index (χ0v) is 11.6. The van der Waals surface area contributed by atoms with E-state index in [9.17, 15) is 4.79 Å². The Hall–Kier alpha value is -1.75. The zero-order chi connectivity index (χ0) is 13.9. The van der Waals surface area contributed by atoms with E-state index < -0.39 is 0 Å². The minimum Gasteiger partial charge on any atom is -0.490 e. The summed E-state index contributed by atoms with van der Waals surface area (Å²) < 4.78 is 10.8. The molecule has 3 rings (SSSR count). The van der Waals surface area contributed by atoms with Crippen LogP contribution in [-0.4, -0.2) is 31.9 Å². The first kappa shape index (κ1) is 13.2. The molecule has 0 saturated carbocycles. The van der Waals surface area contributed by atoms with Crippen molar-refractivity contribution in [2.24, 2.45) is 0 Å². The van der Waals surface area contributed by atoms with Gasteiger partial charge in [0.2, 0.25) is 0 Å². The van der Waals surface area contributed by atoms with Crippen LogP contribution in [0, 0.1) is 0 Å². The molecule has 1 heterocycles. The first-order chi connectivity index (χ1) is 9.76. The molecule has 0 spiro atoms. The highest BCUT2D eigenvalue weighted by molar-refractivity contribution is 5.69. The molecule has 1 aromatic rings. The molecule has 1 aromatic carbocycles. The largest absolute Gasteiger partial charge is 0.490 e. The minimum absolute atomic E-state index is 0.190. The summed E-state index contributed by atoms with van der Waals surface area (Å²) >= 11 is 0. The Morgan fingerprint density at radius 1 is 1.50 bits per heavy atom. The van der Waals surface area contributed by atoms with Crippen LogP contribution in [0.1, 0.15) is 30.5 Å². The topological polar surface area (TPSA) is 59.6 Å². The van der Waals surface area contributed by atoms with Gasteiger partial charge >= 0.3 is 6.09 Å². The average Bonchev–Trinajstić information content (AvgIpc) is 3.04. The maximum absolute atomic E-state index is 10.9. The van der Waals surface area contributed by atoms with E-state index in [-0.39, 0.29) is 12.2 Å². The molecule has 2 aliphatic rings. The summed E-state index contributed by atoms with van der Waals surface area (Å²) in [7, 11) is 0. The van der Waals surface area contributed by atoms with Gasteiger partial charge in [0.25, 0.3) is 0 Å². The third-order valence-electron chi connectivity index (χ3n) is 3.83. The zero-order valence-electron chi connectivity index (χ0n) is 11.6. The van der Waals surface area contributed by atoms with Crippen LogP contribution in [0.25, 0.3) is 0 Å². The summed E-state index contributed by atoms with van der Waals surface area (Å²) in [6.07, 6.45) is 1.69. The number of amides is 1. The molecule has 0 bridgehead atoms. The van der Waals surface area contributed by atoms with E-state index in [0.29, 0.717) is 19.2 Å². The number of alkyl carbamates (subject to hydrolysis) is 1. The number of hydrogen-bond acceptors (Lipinski definition) is 4. The predicted octanol–water partition coefficient (Wildman–Crippen LogP) is 1.77. The van der Waals surface area contributed by atoms with Crippen molar-refractivity contribution in [1.29, 1.82) is 0 Å². The summed E-state index contributed by atoms with van der Waals surface area (Å²) in [5.41, 5.74) is 2.74. The molecule has 1 aliphatic heterocycles. The lowest BCUT2D eigenvalue weighted by molar-refractivity contribution is 0.105. The highest BCUT2D eigenvalue weighted by atomic mass is 16.6. The van der Waals surface area contributed by atoms with Gasteiger partial charge < -0.3 is 20.1 Å². The number of carbonyl (C=O) groups is 1. The van der Waals surface area contributed by atoms with Crippen LogP contribution in [-0.2, 0) is 11.2 Å². The third-order valence-corrected chi connectivity index (χ3v) is 3.83. The number of fused-ring (bicyclic) bond motifs is 1. The molecule has 2 unspecified atom stereocenters.